The Morgan fingerprint density at radius 1 is 0.932 bits per heavy atom. The van der Waals surface area contributed by atoms with Crippen LogP contribution >= 0.6 is 15.9 Å². The topological polar surface area (TPSA) is 151 Å². The van der Waals surface area contributed by atoms with Crippen LogP contribution in [0.3, 0.4) is 0 Å². The van der Waals surface area contributed by atoms with Crippen LogP contribution in [0.4, 0.5) is 0 Å². The molecule has 0 bridgehead atoms. The number of imidazole rings is 1. The van der Waals surface area contributed by atoms with E-state index in [0.29, 0.717) is 18.6 Å². The SMILES string of the molecule is O=C(NC1CCCCC1)C(=O)[C@H](C[C@@H]1CCCNC1=O)NC(=O)[C@H](Cc1ccccc1)NC(=O)c1cn2cc(Br)ccc2n1. The molecule has 44 heavy (non-hydrogen) atoms. The highest BCUT2D eigenvalue weighted by molar-refractivity contribution is 9.10. The number of aromatic nitrogens is 2. The van der Waals surface area contributed by atoms with Crippen molar-refractivity contribution < 1.29 is 24.0 Å². The first kappa shape index (κ1) is 31.4. The van der Waals surface area contributed by atoms with Crippen molar-refractivity contribution >= 4 is 51.0 Å². The van der Waals surface area contributed by atoms with Crippen molar-refractivity contribution in [2.24, 2.45) is 5.92 Å². The molecule has 0 radical (unpaired) electrons. The van der Waals surface area contributed by atoms with Crippen LogP contribution < -0.4 is 21.3 Å². The smallest absolute Gasteiger partial charge is 0.289 e. The molecule has 1 aliphatic heterocycles. The molecule has 4 amide bonds. The number of nitrogens with zero attached hydrogens (tertiary/aromatic N) is 2. The monoisotopic (exact) mass is 664 g/mol. The van der Waals surface area contributed by atoms with Gasteiger partial charge < -0.3 is 25.7 Å². The van der Waals surface area contributed by atoms with Gasteiger partial charge in [-0.3, -0.25) is 24.0 Å². The lowest BCUT2D eigenvalue weighted by Gasteiger charge is -2.28. The van der Waals surface area contributed by atoms with Crippen molar-refractivity contribution in [3.05, 3.63) is 70.6 Å². The number of hydrogen-bond acceptors (Lipinski definition) is 6. The summed E-state index contributed by atoms with van der Waals surface area (Å²) >= 11 is 3.40. The Morgan fingerprint density at radius 3 is 2.45 bits per heavy atom. The van der Waals surface area contributed by atoms with Crippen molar-refractivity contribution in [1.29, 1.82) is 0 Å². The van der Waals surface area contributed by atoms with Gasteiger partial charge in [-0.05, 0) is 65.7 Å². The third-order valence-corrected chi connectivity index (χ3v) is 8.74. The maximum atomic E-state index is 13.8. The summed E-state index contributed by atoms with van der Waals surface area (Å²) in [7, 11) is 0. The predicted octanol–water partition coefficient (Wildman–Crippen LogP) is 2.86. The van der Waals surface area contributed by atoms with E-state index in [1.165, 1.54) is 0 Å². The van der Waals surface area contributed by atoms with Crippen LogP contribution in [0.15, 0.2) is 59.3 Å². The Balaban J connectivity index is 1.36. The summed E-state index contributed by atoms with van der Waals surface area (Å²) in [5, 5.41) is 11.2. The molecule has 2 fully saturated rings. The molecular weight excluding hydrogens is 628 g/mol. The minimum atomic E-state index is -1.23. The molecule has 3 aromatic rings. The number of halogens is 1. The lowest BCUT2D eigenvalue weighted by atomic mass is 9.89. The highest BCUT2D eigenvalue weighted by atomic mass is 79.9. The molecule has 1 saturated carbocycles. The van der Waals surface area contributed by atoms with Gasteiger partial charge in [-0.1, -0.05) is 49.6 Å². The van der Waals surface area contributed by atoms with Crippen LogP contribution in [0.25, 0.3) is 5.65 Å². The van der Waals surface area contributed by atoms with Crippen molar-refractivity contribution in [3.63, 3.8) is 0 Å². The normalized spacial score (nSPS) is 18.6. The molecule has 1 aromatic carbocycles. The molecule has 11 nitrogen and oxygen atoms in total. The standard InChI is InChI=1S/C32H37BrN6O5/c33-22-13-14-27-36-26(19-39(27)18-22)31(43)38-25(16-20-8-3-1-4-9-20)30(42)37-24(17-21-10-7-15-34-29(21)41)28(40)32(44)35-23-11-5-2-6-12-23/h1,3-4,8-9,13-14,18-19,21,23-25H,2,5-7,10-12,15-17H2,(H,34,41)(H,35,44)(H,37,42)(H,38,43)/t21-,24-,25-/m0/s1. The zero-order valence-electron chi connectivity index (χ0n) is 24.4. The van der Waals surface area contributed by atoms with Crippen molar-refractivity contribution in [2.45, 2.75) is 75.9 Å². The van der Waals surface area contributed by atoms with Crippen molar-refractivity contribution in [2.75, 3.05) is 6.54 Å². The number of hydrogen-bond donors (Lipinski definition) is 4. The molecule has 232 valence electrons. The summed E-state index contributed by atoms with van der Waals surface area (Å²) in [6, 6.07) is 10.3. The van der Waals surface area contributed by atoms with E-state index in [-0.39, 0.29) is 30.5 Å². The summed E-state index contributed by atoms with van der Waals surface area (Å²) in [5.41, 5.74) is 1.46. The number of amides is 4. The Bertz CT molecular complexity index is 1520. The Kier molecular flexibility index (Phi) is 10.4. The van der Waals surface area contributed by atoms with Crippen molar-refractivity contribution in [1.82, 2.24) is 30.7 Å². The summed E-state index contributed by atoms with van der Waals surface area (Å²) in [6.45, 7) is 0.549. The predicted molar refractivity (Wildman–Crippen MR) is 167 cm³/mol. The second kappa shape index (κ2) is 14.6. The van der Waals surface area contributed by atoms with Gasteiger partial charge in [-0.2, -0.15) is 0 Å². The molecule has 1 aliphatic carbocycles. The molecule has 3 heterocycles. The number of benzene rings is 1. The van der Waals surface area contributed by atoms with E-state index in [9.17, 15) is 24.0 Å². The third-order valence-electron chi connectivity index (χ3n) is 8.27. The molecule has 12 heteroatoms. The van der Waals surface area contributed by atoms with E-state index in [0.717, 1.165) is 48.6 Å². The first-order chi connectivity index (χ1) is 21.3. The van der Waals surface area contributed by atoms with E-state index < -0.39 is 41.5 Å². The lowest BCUT2D eigenvalue weighted by molar-refractivity contribution is -0.141. The van der Waals surface area contributed by atoms with Gasteiger partial charge in [0.1, 0.15) is 17.4 Å². The molecule has 2 aromatic heterocycles. The largest absolute Gasteiger partial charge is 0.356 e. The van der Waals surface area contributed by atoms with Crippen LogP contribution in [0.2, 0.25) is 0 Å². The summed E-state index contributed by atoms with van der Waals surface area (Å²) in [4.78, 5) is 70.8. The average molecular weight is 666 g/mol. The lowest BCUT2D eigenvalue weighted by Crippen LogP contribution is -2.56. The Morgan fingerprint density at radius 2 is 1.70 bits per heavy atom. The van der Waals surface area contributed by atoms with E-state index in [4.69, 9.17) is 0 Å². The van der Waals surface area contributed by atoms with Crippen LogP contribution in [0.1, 0.15) is 67.4 Å². The number of nitrogens with one attached hydrogen (secondary N) is 4. The summed E-state index contributed by atoms with van der Waals surface area (Å²) < 4.78 is 2.51. The van der Waals surface area contributed by atoms with Crippen LogP contribution in [-0.4, -0.2) is 63.5 Å². The fraction of sp³-hybridized carbons (Fsp3) is 0.438. The molecule has 0 spiro atoms. The first-order valence-electron chi connectivity index (χ1n) is 15.2. The molecule has 2 aliphatic rings. The number of Topliss-reactive ketones (excluding diaryl/α,β-unsaturated/α-hetero) is 1. The number of pyridine rings is 1. The third kappa shape index (κ3) is 8.10. The van der Waals surface area contributed by atoms with Gasteiger partial charge in [-0.15, -0.1) is 0 Å². The number of piperidine rings is 1. The number of rotatable bonds is 11. The maximum absolute atomic E-state index is 13.8. The molecule has 3 atom stereocenters. The maximum Gasteiger partial charge on any atom is 0.289 e. The number of carbonyl (C=O) groups excluding carboxylic acids is 5. The second-order valence-corrected chi connectivity index (χ2v) is 12.5. The summed E-state index contributed by atoms with van der Waals surface area (Å²) in [6.07, 6.45) is 9.39. The minimum Gasteiger partial charge on any atom is -0.356 e. The van der Waals surface area contributed by atoms with Crippen LogP contribution in [-0.2, 0) is 25.6 Å². The minimum absolute atomic E-state index is 0.0121. The van der Waals surface area contributed by atoms with Gasteiger partial charge in [0, 0.05) is 41.8 Å². The van der Waals surface area contributed by atoms with Crippen LogP contribution in [0.5, 0.6) is 0 Å². The van der Waals surface area contributed by atoms with Gasteiger partial charge in [-0.25, -0.2) is 4.98 Å². The van der Waals surface area contributed by atoms with Gasteiger partial charge in [0.2, 0.25) is 17.6 Å². The number of fused-ring (bicyclic) bond motifs is 1. The average Bonchev–Trinajstić information content (AvgIpc) is 3.45. The molecule has 0 unspecified atom stereocenters. The molecule has 4 N–H and O–H groups in total. The Hall–Kier alpha value is -4.06. The molecule has 1 saturated heterocycles. The highest BCUT2D eigenvalue weighted by Gasteiger charge is 2.35. The fourth-order valence-electron chi connectivity index (χ4n) is 5.88. The first-order valence-corrected chi connectivity index (χ1v) is 16.0. The van der Waals surface area contributed by atoms with Crippen LogP contribution in [0, 0.1) is 5.92 Å². The molecular formula is C32H37BrN6O5. The highest BCUT2D eigenvalue weighted by Crippen LogP contribution is 2.20. The van der Waals surface area contributed by atoms with E-state index >= 15 is 0 Å². The van der Waals surface area contributed by atoms with Gasteiger partial charge in [0.15, 0.2) is 0 Å². The number of ketones is 1. The summed E-state index contributed by atoms with van der Waals surface area (Å²) in [5.74, 6) is -3.49. The quantitative estimate of drug-likeness (QED) is 0.232. The molecule has 5 rings (SSSR count). The Labute approximate surface area is 264 Å². The van der Waals surface area contributed by atoms with Gasteiger partial charge in [0.25, 0.3) is 11.8 Å². The van der Waals surface area contributed by atoms with E-state index in [2.05, 4.69) is 42.2 Å². The van der Waals surface area contributed by atoms with E-state index in [1.54, 1.807) is 22.9 Å². The number of carbonyl (C=O) groups is 5. The van der Waals surface area contributed by atoms with Gasteiger partial charge >= 0.3 is 0 Å². The van der Waals surface area contributed by atoms with E-state index in [1.807, 2.05) is 36.4 Å². The zero-order valence-corrected chi connectivity index (χ0v) is 26.0. The van der Waals surface area contributed by atoms with Gasteiger partial charge in [0.05, 0.1) is 6.04 Å². The fourth-order valence-corrected chi connectivity index (χ4v) is 6.23. The van der Waals surface area contributed by atoms with Crippen molar-refractivity contribution in [3.8, 4) is 0 Å². The zero-order chi connectivity index (χ0) is 31.1. The second-order valence-electron chi connectivity index (χ2n) is 11.6.